The Morgan fingerprint density at radius 1 is 1.26 bits per heavy atom. The third-order valence-corrected chi connectivity index (χ3v) is 6.32. The SMILES string of the molecule is CC(C)Oc1ccc(C(Br)C2CCS(=O)(=O)C2)cc1. The first-order chi connectivity index (χ1) is 8.87. The van der Waals surface area contributed by atoms with Gasteiger partial charge in [-0.3, -0.25) is 0 Å². The molecule has 0 amide bonds. The molecular weight excluding hydrogens is 328 g/mol. The maximum Gasteiger partial charge on any atom is 0.150 e. The molecule has 0 radical (unpaired) electrons. The average Bonchev–Trinajstić information content (AvgIpc) is 2.69. The second kappa shape index (κ2) is 5.83. The summed E-state index contributed by atoms with van der Waals surface area (Å²) in [6.45, 7) is 3.98. The Kier molecular flexibility index (Phi) is 4.56. The van der Waals surface area contributed by atoms with Crippen LogP contribution in [0.2, 0.25) is 0 Å². The fourth-order valence-corrected chi connectivity index (χ4v) is 5.17. The molecule has 3 nitrogen and oxygen atoms in total. The van der Waals surface area contributed by atoms with E-state index in [0.29, 0.717) is 5.75 Å². The van der Waals surface area contributed by atoms with Crippen molar-refractivity contribution in [3.8, 4) is 5.75 Å². The maximum atomic E-state index is 11.5. The lowest BCUT2D eigenvalue weighted by Gasteiger charge is -2.17. The predicted octanol–water partition coefficient (Wildman–Crippen LogP) is 3.34. The van der Waals surface area contributed by atoms with Gasteiger partial charge in [0.15, 0.2) is 9.84 Å². The molecule has 5 heteroatoms. The van der Waals surface area contributed by atoms with E-state index < -0.39 is 9.84 Å². The van der Waals surface area contributed by atoms with Crippen molar-refractivity contribution < 1.29 is 13.2 Å². The molecule has 2 atom stereocenters. The van der Waals surface area contributed by atoms with Crippen LogP contribution in [0.3, 0.4) is 0 Å². The molecule has 1 aliphatic heterocycles. The van der Waals surface area contributed by atoms with Gasteiger partial charge in [0.25, 0.3) is 0 Å². The molecule has 106 valence electrons. The van der Waals surface area contributed by atoms with Gasteiger partial charge in [-0.05, 0) is 43.9 Å². The van der Waals surface area contributed by atoms with Crippen molar-refractivity contribution in [2.75, 3.05) is 11.5 Å². The Hall–Kier alpha value is -0.550. The molecule has 2 rings (SSSR count). The van der Waals surface area contributed by atoms with Crippen LogP contribution in [0.5, 0.6) is 5.75 Å². The second-order valence-corrected chi connectivity index (χ2v) is 8.52. The summed E-state index contributed by atoms with van der Waals surface area (Å²) in [5, 5.41) is 0. The molecule has 19 heavy (non-hydrogen) atoms. The van der Waals surface area contributed by atoms with E-state index in [1.54, 1.807) is 0 Å². The van der Waals surface area contributed by atoms with Crippen molar-refractivity contribution in [3.63, 3.8) is 0 Å². The van der Waals surface area contributed by atoms with Crippen LogP contribution in [-0.4, -0.2) is 26.0 Å². The van der Waals surface area contributed by atoms with Gasteiger partial charge in [-0.25, -0.2) is 8.42 Å². The lowest BCUT2D eigenvalue weighted by Crippen LogP contribution is -2.10. The number of ether oxygens (including phenoxy) is 1. The van der Waals surface area contributed by atoms with Crippen molar-refractivity contribution >= 4 is 25.8 Å². The van der Waals surface area contributed by atoms with Gasteiger partial charge in [-0.1, -0.05) is 28.1 Å². The van der Waals surface area contributed by atoms with Crippen molar-refractivity contribution in [2.45, 2.75) is 31.2 Å². The lowest BCUT2D eigenvalue weighted by molar-refractivity contribution is 0.242. The van der Waals surface area contributed by atoms with E-state index in [2.05, 4.69) is 15.9 Å². The lowest BCUT2D eigenvalue weighted by atomic mass is 9.99. The monoisotopic (exact) mass is 346 g/mol. The highest BCUT2D eigenvalue weighted by Crippen LogP contribution is 2.38. The molecule has 0 aliphatic carbocycles. The number of hydrogen-bond donors (Lipinski definition) is 0. The normalized spacial score (nSPS) is 23.5. The van der Waals surface area contributed by atoms with Gasteiger partial charge < -0.3 is 4.74 Å². The molecule has 1 saturated heterocycles. The minimum absolute atomic E-state index is 0.0953. The Morgan fingerprint density at radius 2 is 1.89 bits per heavy atom. The van der Waals surface area contributed by atoms with Gasteiger partial charge >= 0.3 is 0 Å². The van der Waals surface area contributed by atoms with Gasteiger partial charge in [0.1, 0.15) is 5.75 Å². The second-order valence-electron chi connectivity index (χ2n) is 5.30. The van der Waals surface area contributed by atoms with E-state index >= 15 is 0 Å². The Balaban J connectivity index is 2.06. The van der Waals surface area contributed by atoms with E-state index in [1.165, 1.54) is 0 Å². The number of benzene rings is 1. The average molecular weight is 347 g/mol. The van der Waals surface area contributed by atoms with E-state index in [-0.39, 0.29) is 22.6 Å². The molecule has 1 heterocycles. The Bertz CT molecular complexity index is 522. The van der Waals surface area contributed by atoms with Crippen molar-refractivity contribution in [2.24, 2.45) is 5.92 Å². The first kappa shape index (κ1) is 14.9. The van der Waals surface area contributed by atoms with Crippen LogP contribution < -0.4 is 4.74 Å². The Labute approximate surface area is 123 Å². The molecule has 0 aromatic heterocycles. The highest BCUT2D eigenvalue weighted by atomic mass is 79.9. The van der Waals surface area contributed by atoms with Crippen LogP contribution in [0.1, 0.15) is 30.7 Å². The Morgan fingerprint density at radius 3 is 2.37 bits per heavy atom. The summed E-state index contributed by atoms with van der Waals surface area (Å²) in [5.74, 6) is 1.61. The number of rotatable bonds is 4. The molecule has 0 N–H and O–H groups in total. The topological polar surface area (TPSA) is 43.4 Å². The van der Waals surface area contributed by atoms with Crippen molar-refractivity contribution in [3.05, 3.63) is 29.8 Å². The highest BCUT2D eigenvalue weighted by Gasteiger charge is 2.33. The largest absolute Gasteiger partial charge is 0.491 e. The number of hydrogen-bond acceptors (Lipinski definition) is 3. The summed E-state index contributed by atoms with van der Waals surface area (Å²) < 4.78 is 28.6. The molecule has 0 saturated carbocycles. The van der Waals surface area contributed by atoms with Gasteiger partial charge in [-0.2, -0.15) is 0 Å². The van der Waals surface area contributed by atoms with Gasteiger partial charge in [0.2, 0.25) is 0 Å². The van der Waals surface area contributed by atoms with E-state index in [0.717, 1.165) is 17.7 Å². The number of halogens is 1. The minimum atomic E-state index is -2.83. The predicted molar refractivity (Wildman–Crippen MR) is 80.6 cm³/mol. The zero-order valence-corrected chi connectivity index (χ0v) is 13.6. The highest BCUT2D eigenvalue weighted by molar-refractivity contribution is 9.09. The zero-order valence-electron chi connectivity index (χ0n) is 11.2. The van der Waals surface area contributed by atoms with Crippen LogP contribution in [0, 0.1) is 5.92 Å². The van der Waals surface area contributed by atoms with Gasteiger partial charge in [-0.15, -0.1) is 0 Å². The number of alkyl halides is 1. The third-order valence-electron chi connectivity index (χ3n) is 3.25. The standard InChI is InChI=1S/C14H19BrO3S/c1-10(2)18-13-5-3-11(4-6-13)14(15)12-7-8-19(16,17)9-12/h3-6,10,12,14H,7-9H2,1-2H3. The molecule has 2 unspecified atom stereocenters. The summed E-state index contributed by atoms with van der Waals surface area (Å²) in [5.41, 5.74) is 1.11. The molecule has 1 aromatic carbocycles. The van der Waals surface area contributed by atoms with Gasteiger partial charge in [0.05, 0.1) is 17.6 Å². The van der Waals surface area contributed by atoms with Crippen LogP contribution in [0.15, 0.2) is 24.3 Å². The van der Waals surface area contributed by atoms with E-state index in [4.69, 9.17) is 4.74 Å². The summed E-state index contributed by atoms with van der Waals surface area (Å²) in [6.07, 6.45) is 0.897. The van der Waals surface area contributed by atoms with Crippen LogP contribution in [0.25, 0.3) is 0 Å². The zero-order chi connectivity index (χ0) is 14.0. The summed E-state index contributed by atoms with van der Waals surface area (Å²) in [6, 6.07) is 7.88. The van der Waals surface area contributed by atoms with E-state index in [9.17, 15) is 8.42 Å². The summed E-state index contributed by atoms with van der Waals surface area (Å²) in [4.78, 5) is 0.0953. The van der Waals surface area contributed by atoms with Crippen LogP contribution >= 0.6 is 15.9 Å². The minimum Gasteiger partial charge on any atom is -0.491 e. The van der Waals surface area contributed by atoms with Crippen LogP contribution in [-0.2, 0) is 9.84 Å². The molecule has 0 bridgehead atoms. The molecule has 1 fully saturated rings. The summed E-state index contributed by atoms with van der Waals surface area (Å²) in [7, 11) is -2.83. The van der Waals surface area contributed by atoms with Crippen molar-refractivity contribution in [1.29, 1.82) is 0 Å². The molecule has 1 aliphatic rings. The third kappa shape index (κ3) is 3.96. The molecular formula is C14H19BrO3S. The first-order valence-corrected chi connectivity index (χ1v) is 9.22. The maximum absolute atomic E-state index is 11.5. The fraction of sp³-hybridized carbons (Fsp3) is 0.571. The molecule has 1 aromatic rings. The van der Waals surface area contributed by atoms with E-state index in [1.807, 2.05) is 38.1 Å². The molecule has 0 spiro atoms. The number of sulfone groups is 1. The van der Waals surface area contributed by atoms with Gasteiger partial charge in [0, 0.05) is 4.83 Å². The first-order valence-electron chi connectivity index (χ1n) is 6.48. The smallest absolute Gasteiger partial charge is 0.150 e. The van der Waals surface area contributed by atoms with Crippen molar-refractivity contribution in [1.82, 2.24) is 0 Å². The van der Waals surface area contributed by atoms with Crippen LogP contribution in [0.4, 0.5) is 0 Å². The summed E-state index contributed by atoms with van der Waals surface area (Å²) >= 11 is 3.63. The quantitative estimate of drug-likeness (QED) is 0.785. The fourth-order valence-electron chi connectivity index (χ4n) is 2.33.